The van der Waals surface area contributed by atoms with Gasteiger partial charge in [0.25, 0.3) is 0 Å². The van der Waals surface area contributed by atoms with Crippen LogP contribution in [-0.4, -0.2) is 37.0 Å². The van der Waals surface area contributed by atoms with Crippen molar-refractivity contribution < 1.29 is 4.79 Å². The van der Waals surface area contributed by atoms with E-state index in [4.69, 9.17) is 12.2 Å². The van der Waals surface area contributed by atoms with E-state index >= 15 is 0 Å². The van der Waals surface area contributed by atoms with Gasteiger partial charge in [-0.2, -0.15) is 0 Å². The van der Waals surface area contributed by atoms with Gasteiger partial charge in [0.05, 0.1) is 17.8 Å². The molecule has 200 valence electrons. The van der Waals surface area contributed by atoms with Crippen LogP contribution in [0.4, 0.5) is 5.69 Å². The molecule has 1 amide bonds. The summed E-state index contributed by atoms with van der Waals surface area (Å²) in [5, 5.41) is 7.20. The first-order valence-corrected chi connectivity index (χ1v) is 13.6. The third-order valence-electron chi connectivity index (χ3n) is 7.36. The standard InChI is InChI=1S/C31H34N6OS/c1-19-9-11-21(3)26(16-19)34-28(38)13-15-36-30(29(35-31(36)39)25-8-6-7-14-32-25)24-17-22(4)37(23(24)5)27-12-10-20(2)18-33-27/h6-12,14,16-18,29-30H,13,15H2,1-5H3,(H,34,38)(H,35,39)/t29-,30+/m0/s1. The Labute approximate surface area is 235 Å². The summed E-state index contributed by atoms with van der Waals surface area (Å²) >= 11 is 5.84. The minimum absolute atomic E-state index is 0.0409. The smallest absolute Gasteiger partial charge is 0.226 e. The summed E-state index contributed by atoms with van der Waals surface area (Å²) in [6, 6.07) is 18.0. The number of hydrogen-bond acceptors (Lipinski definition) is 4. The van der Waals surface area contributed by atoms with Crippen molar-refractivity contribution in [3.05, 3.63) is 106 Å². The van der Waals surface area contributed by atoms with Crippen LogP contribution in [0.15, 0.2) is 67.0 Å². The average Bonchev–Trinajstić information content (AvgIpc) is 3.40. The summed E-state index contributed by atoms with van der Waals surface area (Å²) in [5.41, 5.74) is 8.33. The maximum atomic E-state index is 13.0. The molecule has 2 N–H and O–H groups in total. The summed E-state index contributed by atoms with van der Waals surface area (Å²) in [6.45, 7) is 10.7. The molecule has 1 saturated heterocycles. The number of hydrogen-bond donors (Lipinski definition) is 2. The van der Waals surface area contributed by atoms with E-state index in [0.717, 1.165) is 50.8 Å². The number of amides is 1. The zero-order chi connectivity index (χ0) is 27.7. The minimum atomic E-state index is -0.152. The molecule has 3 aromatic heterocycles. The van der Waals surface area contributed by atoms with Crippen LogP contribution in [0.5, 0.6) is 0 Å². The van der Waals surface area contributed by atoms with Crippen molar-refractivity contribution in [2.24, 2.45) is 0 Å². The molecule has 7 nitrogen and oxygen atoms in total. The Morgan fingerprint density at radius 1 is 1.00 bits per heavy atom. The molecule has 0 saturated carbocycles. The van der Waals surface area contributed by atoms with Crippen molar-refractivity contribution in [3.8, 4) is 5.82 Å². The highest BCUT2D eigenvalue weighted by atomic mass is 32.1. The van der Waals surface area contributed by atoms with E-state index in [1.807, 2.05) is 69.4 Å². The van der Waals surface area contributed by atoms with Crippen molar-refractivity contribution in [2.45, 2.75) is 53.1 Å². The van der Waals surface area contributed by atoms with Gasteiger partial charge in [0, 0.05) is 42.4 Å². The number of rotatable bonds is 7. The number of nitrogens with zero attached hydrogens (tertiary/aromatic N) is 4. The molecular weight excluding hydrogens is 504 g/mol. The fourth-order valence-corrected chi connectivity index (χ4v) is 5.65. The summed E-state index contributed by atoms with van der Waals surface area (Å²) in [7, 11) is 0. The summed E-state index contributed by atoms with van der Waals surface area (Å²) < 4.78 is 2.18. The first-order valence-electron chi connectivity index (χ1n) is 13.2. The highest BCUT2D eigenvalue weighted by Gasteiger charge is 2.41. The Hall–Kier alpha value is -4.04. The van der Waals surface area contributed by atoms with E-state index in [-0.39, 0.29) is 18.0 Å². The molecule has 1 aromatic carbocycles. The highest BCUT2D eigenvalue weighted by Crippen LogP contribution is 2.41. The van der Waals surface area contributed by atoms with Gasteiger partial charge >= 0.3 is 0 Å². The number of anilines is 1. The van der Waals surface area contributed by atoms with Crippen LogP contribution in [0.1, 0.15) is 57.8 Å². The first kappa shape index (κ1) is 26.6. The van der Waals surface area contributed by atoms with Gasteiger partial charge in [-0.05, 0) is 99.4 Å². The molecule has 0 unspecified atom stereocenters. The number of carbonyl (C=O) groups excluding carboxylic acids is 1. The van der Waals surface area contributed by atoms with Crippen LogP contribution in [0.2, 0.25) is 0 Å². The van der Waals surface area contributed by atoms with E-state index in [1.54, 1.807) is 6.20 Å². The average molecular weight is 539 g/mol. The topological polar surface area (TPSA) is 75.1 Å². The normalized spacial score (nSPS) is 16.8. The zero-order valence-electron chi connectivity index (χ0n) is 23.0. The Morgan fingerprint density at radius 3 is 2.51 bits per heavy atom. The third-order valence-corrected chi connectivity index (χ3v) is 7.71. The lowest BCUT2D eigenvalue weighted by molar-refractivity contribution is -0.116. The lowest BCUT2D eigenvalue weighted by Crippen LogP contribution is -2.33. The van der Waals surface area contributed by atoms with Crippen molar-refractivity contribution >= 4 is 28.9 Å². The molecule has 1 fully saturated rings. The van der Waals surface area contributed by atoms with Crippen LogP contribution < -0.4 is 10.6 Å². The molecule has 2 atom stereocenters. The third kappa shape index (κ3) is 5.43. The SMILES string of the molecule is Cc1ccc(-n2c(C)cc([C@@H]3[C@H](c4ccccn4)NC(=S)N3CCC(=O)Nc3cc(C)ccc3C)c2C)nc1. The second kappa shape index (κ2) is 11.0. The van der Waals surface area contributed by atoms with Crippen molar-refractivity contribution in [1.29, 1.82) is 0 Å². The molecule has 0 bridgehead atoms. The van der Waals surface area contributed by atoms with Gasteiger partial charge in [-0.25, -0.2) is 4.98 Å². The molecular formula is C31H34N6OS. The zero-order valence-corrected chi connectivity index (χ0v) is 23.8. The molecule has 4 heterocycles. The lowest BCUT2D eigenvalue weighted by atomic mass is 9.96. The van der Waals surface area contributed by atoms with E-state index < -0.39 is 0 Å². The number of thiocarbonyl (C=S) groups is 1. The number of nitrogens with one attached hydrogen (secondary N) is 2. The van der Waals surface area contributed by atoms with Crippen molar-refractivity contribution in [2.75, 3.05) is 11.9 Å². The van der Waals surface area contributed by atoms with Crippen LogP contribution in [0.25, 0.3) is 5.82 Å². The monoisotopic (exact) mass is 538 g/mol. The molecule has 1 aliphatic heterocycles. The quantitative estimate of drug-likeness (QED) is 0.289. The first-order chi connectivity index (χ1) is 18.7. The van der Waals surface area contributed by atoms with E-state index in [0.29, 0.717) is 18.1 Å². The Balaban J connectivity index is 1.46. The van der Waals surface area contributed by atoms with E-state index in [1.165, 1.54) is 0 Å². The second-order valence-corrected chi connectivity index (χ2v) is 10.7. The van der Waals surface area contributed by atoms with Gasteiger partial charge in [-0.3, -0.25) is 9.78 Å². The molecule has 4 aromatic rings. The van der Waals surface area contributed by atoms with Gasteiger partial charge < -0.3 is 20.1 Å². The van der Waals surface area contributed by atoms with Crippen LogP contribution in [-0.2, 0) is 4.79 Å². The molecule has 0 aliphatic carbocycles. The largest absolute Gasteiger partial charge is 0.352 e. The van der Waals surface area contributed by atoms with Gasteiger partial charge in [0.2, 0.25) is 5.91 Å². The van der Waals surface area contributed by atoms with Gasteiger partial charge in [-0.15, -0.1) is 0 Å². The predicted octanol–water partition coefficient (Wildman–Crippen LogP) is 5.81. The van der Waals surface area contributed by atoms with Crippen LogP contribution in [0, 0.1) is 34.6 Å². The number of aromatic nitrogens is 3. The highest BCUT2D eigenvalue weighted by molar-refractivity contribution is 7.80. The Bertz CT molecular complexity index is 1510. The number of pyridine rings is 2. The van der Waals surface area contributed by atoms with Crippen LogP contribution in [0.3, 0.4) is 0 Å². The summed E-state index contributed by atoms with van der Waals surface area (Å²) in [5.74, 6) is 0.838. The van der Waals surface area contributed by atoms with E-state index in [2.05, 4.69) is 56.0 Å². The van der Waals surface area contributed by atoms with Gasteiger partial charge in [-0.1, -0.05) is 24.3 Å². The number of carbonyl (C=O) groups is 1. The lowest BCUT2D eigenvalue weighted by Gasteiger charge is -2.28. The maximum Gasteiger partial charge on any atom is 0.226 e. The summed E-state index contributed by atoms with van der Waals surface area (Å²) in [4.78, 5) is 24.5. The maximum absolute atomic E-state index is 13.0. The van der Waals surface area contributed by atoms with Crippen molar-refractivity contribution in [1.82, 2.24) is 24.8 Å². The minimum Gasteiger partial charge on any atom is -0.352 e. The number of benzene rings is 1. The molecule has 5 rings (SSSR count). The fourth-order valence-electron chi connectivity index (χ4n) is 5.32. The molecule has 0 spiro atoms. The number of aryl methyl sites for hydroxylation is 4. The fraction of sp³-hybridized carbons (Fsp3) is 0.290. The van der Waals surface area contributed by atoms with Crippen molar-refractivity contribution in [3.63, 3.8) is 0 Å². The molecule has 0 radical (unpaired) electrons. The Morgan fingerprint density at radius 2 is 1.79 bits per heavy atom. The molecule has 1 aliphatic rings. The summed E-state index contributed by atoms with van der Waals surface area (Å²) in [6.07, 6.45) is 3.99. The van der Waals surface area contributed by atoms with Crippen LogP contribution >= 0.6 is 12.2 Å². The Kier molecular flexibility index (Phi) is 7.48. The second-order valence-electron chi connectivity index (χ2n) is 10.3. The van der Waals surface area contributed by atoms with E-state index in [9.17, 15) is 4.79 Å². The predicted molar refractivity (Wildman–Crippen MR) is 159 cm³/mol. The van der Waals surface area contributed by atoms with Gasteiger partial charge in [0.15, 0.2) is 5.11 Å². The van der Waals surface area contributed by atoms with Gasteiger partial charge in [0.1, 0.15) is 5.82 Å². The molecule has 8 heteroatoms. The molecule has 39 heavy (non-hydrogen) atoms.